The molecule has 1 saturated heterocycles. The van der Waals surface area contributed by atoms with Crippen molar-refractivity contribution in [1.29, 1.82) is 0 Å². The number of hydrogen-bond acceptors (Lipinski definition) is 4. The molecule has 1 aromatic rings. The summed E-state index contributed by atoms with van der Waals surface area (Å²) in [4.78, 5) is 5.08. The van der Waals surface area contributed by atoms with E-state index in [0.29, 0.717) is 0 Å². The minimum Gasteiger partial charge on any atom is -0.495 e. The number of hydrogen-bond donors (Lipinski definition) is 1. The van der Waals surface area contributed by atoms with Gasteiger partial charge >= 0.3 is 0 Å². The molecule has 0 radical (unpaired) electrons. The molecule has 0 bridgehead atoms. The number of nitrogens with zero attached hydrogens (tertiary/aromatic N) is 2. The molecule has 3 rings (SSSR count). The summed E-state index contributed by atoms with van der Waals surface area (Å²) in [5, 5.41) is 0. The van der Waals surface area contributed by atoms with Gasteiger partial charge in [-0.3, -0.25) is 4.90 Å². The Morgan fingerprint density at radius 3 is 2.42 bits per heavy atom. The Morgan fingerprint density at radius 2 is 1.84 bits per heavy atom. The lowest BCUT2D eigenvalue weighted by Crippen LogP contribution is -2.47. The maximum atomic E-state index is 5.95. The van der Waals surface area contributed by atoms with E-state index in [1.165, 1.54) is 37.2 Å². The fourth-order valence-corrected chi connectivity index (χ4v) is 2.98. The third kappa shape index (κ3) is 2.50. The summed E-state index contributed by atoms with van der Waals surface area (Å²) in [5.74, 6) is 0.783. The molecule has 104 valence electrons. The summed E-state index contributed by atoms with van der Waals surface area (Å²) in [5.41, 5.74) is 9.17. The Balaban J connectivity index is 1.75. The van der Waals surface area contributed by atoms with Gasteiger partial charge in [0.05, 0.1) is 12.8 Å². The number of nitrogen functional groups attached to an aromatic ring is 1. The van der Waals surface area contributed by atoms with Gasteiger partial charge in [0.1, 0.15) is 5.75 Å². The maximum Gasteiger partial charge on any atom is 0.143 e. The zero-order valence-corrected chi connectivity index (χ0v) is 11.9. The van der Waals surface area contributed by atoms with E-state index in [9.17, 15) is 0 Å². The molecule has 2 N–H and O–H groups in total. The van der Waals surface area contributed by atoms with E-state index in [4.69, 9.17) is 10.5 Å². The number of aryl methyl sites for hydroxylation is 1. The average molecular weight is 261 g/mol. The molecular formula is C15H23N3O. The van der Waals surface area contributed by atoms with Crippen molar-refractivity contribution >= 4 is 11.4 Å². The predicted octanol–water partition coefficient (Wildman–Crippen LogP) is 1.87. The van der Waals surface area contributed by atoms with E-state index in [0.717, 1.165) is 30.6 Å². The molecule has 19 heavy (non-hydrogen) atoms. The van der Waals surface area contributed by atoms with Gasteiger partial charge in [0.25, 0.3) is 0 Å². The van der Waals surface area contributed by atoms with Gasteiger partial charge in [0.2, 0.25) is 0 Å². The van der Waals surface area contributed by atoms with Crippen LogP contribution >= 0.6 is 0 Å². The molecular weight excluding hydrogens is 238 g/mol. The van der Waals surface area contributed by atoms with Gasteiger partial charge in [0, 0.05) is 44.0 Å². The average Bonchev–Trinajstić information content (AvgIpc) is 3.24. The lowest BCUT2D eigenvalue weighted by Gasteiger charge is -2.37. The first-order valence-corrected chi connectivity index (χ1v) is 7.12. The number of piperazine rings is 1. The van der Waals surface area contributed by atoms with E-state index >= 15 is 0 Å². The number of rotatable bonds is 3. The van der Waals surface area contributed by atoms with Crippen molar-refractivity contribution in [1.82, 2.24) is 4.90 Å². The Kier molecular flexibility index (Phi) is 3.27. The second kappa shape index (κ2) is 4.93. The van der Waals surface area contributed by atoms with Crippen LogP contribution in [-0.4, -0.2) is 44.2 Å². The van der Waals surface area contributed by atoms with Crippen LogP contribution in [-0.2, 0) is 0 Å². The summed E-state index contributed by atoms with van der Waals surface area (Å²) in [6, 6.07) is 4.98. The van der Waals surface area contributed by atoms with Crippen molar-refractivity contribution in [2.45, 2.75) is 25.8 Å². The lowest BCUT2D eigenvalue weighted by molar-refractivity contribution is 0.248. The number of methoxy groups -OCH3 is 1. The largest absolute Gasteiger partial charge is 0.495 e. The third-order valence-corrected chi connectivity index (χ3v) is 4.27. The van der Waals surface area contributed by atoms with Crippen LogP contribution in [0.4, 0.5) is 11.4 Å². The SMILES string of the molecule is COc1cc(N2CCN(C3CC3)CC2)c(C)cc1N. The summed E-state index contributed by atoms with van der Waals surface area (Å²) in [6.07, 6.45) is 2.80. The molecule has 4 nitrogen and oxygen atoms in total. The fourth-order valence-electron chi connectivity index (χ4n) is 2.98. The molecule has 0 atom stereocenters. The van der Waals surface area contributed by atoms with E-state index in [1.807, 2.05) is 6.07 Å². The monoisotopic (exact) mass is 261 g/mol. The highest BCUT2D eigenvalue weighted by molar-refractivity contribution is 5.66. The number of anilines is 2. The van der Waals surface area contributed by atoms with Crippen LogP contribution in [0, 0.1) is 6.92 Å². The first-order chi connectivity index (χ1) is 9.19. The zero-order chi connectivity index (χ0) is 13.4. The van der Waals surface area contributed by atoms with Crippen molar-refractivity contribution in [3.8, 4) is 5.75 Å². The molecule has 2 aliphatic rings. The van der Waals surface area contributed by atoms with Crippen molar-refractivity contribution in [2.24, 2.45) is 0 Å². The van der Waals surface area contributed by atoms with Crippen LogP contribution in [0.5, 0.6) is 5.75 Å². The van der Waals surface area contributed by atoms with E-state index in [-0.39, 0.29) is 0 Å². The Hall–Kier alpha value is -1.42. The minimum atomic E-state index is 0.723. The molecule has 2 fully saturated rings. The first-order valence-electron chi connectivity index (χ1n) is 7.12. The quantitative estimate of drug-likeness (QED) is 0.843. The van der Waals surface area contributed by atoms with Crippen LogP contribution in [0.25, 0.3) is 0 Å². The number of ether oxygens (including phenoxy) is 1. The fraction of sp³-hybridized carbons (Fsp3) is 0.600. The molecule has 0 amide bonds. The Bertz CT molecular complexity index is 463. The standard InChI is InChI=1S/C15H23N3O/c1-11-9-13(16)15(19-2)10-14(11)18-7-5-17(6-8-18)12-3-4-12/h9-10,12H,3-8,16H2,1-2H3. The third-order valence-electron chi connectivity index (χ3n) is 4.27. The van der Waals surface area contributed by atoms with Gasteiger partial charge in [-0.25, -0.2) is 0 Å². The second-order valence-electron chi connectivity index (χ2n) is 5.63. The number of nitrogens with two attached hydrogens (primary N) is 1. The van der Waals surface area contributed by atoms with E-state index in [2.05, 4.69) is 22.8 Å². The highest BCUT2D eigenvalue weighted by Gasteiger charge is 2.31. The molecule has 0 spiro atoms. The zero-order valence-electron chi connectivity index (χ0n) is 11.9. The summed E-state index contributed by atoms with van der Waals surface area (Å²) in [7, 11) is 1.68. The highest BCUT2D eigenvalue weighted by atomic mass is 16.5. The van der Waals surface area contributed by atoms with Crippen molar-refractivity contribution < 1.29 is 4.74 Å². The van der Waals surface area contributed by atoms with Crippen LogP contribution in [0.15, 0.2) is 12.1 Å². The first kappa shape index (κ1) is 12.6. The molecule has 1 heterocycles. The topological polar surface area (TPSA) is 41.7 Å². The van der Waals surface area contributed by atoms with E-state index < -0.39 is 0 Å². The van der Waals surface area contributed by atoms with Crippen molar-refractivity contribution in [3.63, 3.8) is 0 Å². The molecule has 1 aliphatic carbocycles. The van der Waals surface area contributed by atoms with Gasteiger partial charge < -0.3 is 15.4 Å². The smallest absolute Gasteiger partial charge is 0.143 e. The van der Waals surface area contributed by atoms with Gasteiger partial charge in [0.15, 0.2) is 0 Å². The summed E-state index contributed by atoms with van der Waals surface area (Å²) >= 11 is 0. The Morgan fingerprint density at radius 1 is 1.16 bits per heavy atom. The summed E-state index contributed by atoms with van der Waals surface area (Å²) < 4.78 is 5.34. The van der Waals surface area contributed by atoms with Gasteiger partial charge in [-0.2, -0.15) is 0 Å². The molecule has 0 aromatic heterocycles. The van der Waals surface area contributed by atoms with Gasteiger partial charge in [-0.05, 0) is 31.4 Å². The molecule has 0 unspecified atom stereocenters. The maximum absolute atomic E-state index is 5.95. The normalized spacial score (nSPS) is 20.6. The van der Waals surface area contributed by atoms with Crippen molar-refractivity contribution in [3.05, 3.63) is 17.7 Å². The lowest BCUT2D eigenvalue weighted by atomic mass is 10.1. The molecule has 4 heteroatoms. The predicted molar refractivity (Wildman–Crippen MR) is 79.0 cm³/mol. The second-order valence-corrected chi connectivity index (χ2v) is 5.63. The number of benzene rings is 1. The van der Waals surface area contributed by atoms with Gasteiger partial charge in [-0.15, -0.1) is 0 Å². The highest BCUT2D eigenvalue weighted by Crippen LogP contribution is 2.33. The van der Waals surface area contributed by atoms with Crippen LogP contribution in [0.3, 0.4) is 0 Å². The molecule has 1 aliphatic heterocycles. The molecule has 1 aromatic carbocycles. The minimum absolute atomic E-state index is 0.723. The van der Waals surface area contributed by atoms with Crippen LogP contribution in [0.1, 0.15) is 18.4 Å². The van der Waals surface area contributed by atoms with Crippen LogP contribution in [0.2, 0.25) is 0 Å². The van der Waals surface area contributed by atoms with Crippen molar-refractivity contribution in [2.75, 3.05) is 43.9 Å². The molecule has 1 saturated carbocycles. The van der Waals surface area contributed by atoms with E-state index in [1.54, 1.807) is 7.11 Å². The van der Waals surface area contributed by atoms with Crippen LogP contribution < -0.4 is 15.4 Å². The van der Waals surface area contributed by atoms with Gasteiger partial charge in [-0.1, -0.05) is 0 Å². The summed E-state index contributed by atoms with van der Waals surface area (Å²) in [6.45, 7) is 6.68. The Labute approximate surface area is 115 Å².